The first-order chi connectivity index (χ1) is 8.33. The molecule has 100 valence electrons. The molecule has 2 aliphatic rings. The van der Waals surface area contributed by atoms with E-state index in [1.807, 2.05) is 0 Å². The summed E-state index contributed by atoms with van der Waals surface area (Å²) in [6.45, 7) is 9.29. The average molecular weight is 238 g/mol. The molecule has 2 rings (SSSR count). The van der Waals surface area contributed by atoms with E-state index in [0.717, 1.165) is 17.9 Å². The molecule has 0 bridgehead atoms. The Hall–Kier alpha value is -0.0800. The second-order valence-corrected chi connectivity index (χ2v) is 5.94. The summed E-state index contributed by atoms with van der Waals surface area (Å²) in [6, 6.07) is 0.824. The molecule has 0 aliphatic heterocycles. The van der Waals surface area contributed by atoms with E-state index in [4.69, 9.17) is 0 Å². The molecule has 2 atom stereocenters. The molecule has 17 heavy (non-hydrogen) atoms. The van der Waals surface area contributed by atoms with E-state index in [9.17, 15) is 0 Å². The fourth-order valence-electron chi connectivity index (χ4n) is 3.38. The van der Waals surface area contributed by atoms with E-state index < -0.39 is 0 Å². The summed E-state index contributed by atoms with van der Waals surface area (Å²) >= 11 is 0. The molecule has 2 heteroatoms. The smallest absolute Gasteiger partial charge is 0.0107 e. The van der Waals surface area contributed by atoms with Gasteiger partial charge in [-0.3, -0.25) is 0 Å². The maximum atomic E-state index is 3.79. The quantitative estimate of drug-likeness (QED) is 0.733. The largest absolute Gasteiger partial charge is 0.313 e. The second-order valence-electron chi connectivity index (χ2n) is 5.94. The van der Waals surface area contributed by atoms with Gasteiger partial charge in [0.15, 0.2) is 0 Å². The molecule has 0 aromatic rings. The minimum Gasteiger partial charge on any atom is -0.313 e. The van der Waals surface area contributed by atoms with E-state index >= 15 is 0 Å². The predicted molar refractivity (Wildman–Crippen MR) is 74.3 cm³/mol. The molecule has 0 heterocycles. The number of likely N-dealkylation sites (N-methyl/N-ethyl adjacent to an activating group) is 1. The minimum absolute atomic E-state index is 0.824. The van der Waals surface area contributed by atoms with Crippen molar-refractivity contribution in [2.45, 2.75) is 58.4 Å². The molecule has 2 unspecified atom stereocenters. The first kappa shape index (κ1) is 13.4. The zero-order chi connectivity index (χ0) is 12.1. The van der Waals surface area contributed by atoms with Crippen molar-refractivity contribution in [1.29, 1.82) is 0 Å². The zero-order valence-corrected chi connectivity index (χ0v) is 11.8. The number of rotatable bonds is 7. The van der Waals surface area contributed by atoms with Gasteiger partial charge < -0.3 is 10.2 Å². The Morgan fingerprint density at radius 2 is 1.76 bits per heavy atom. The van der Waals surface area contributed by atoms with Gasteiger partial charge in [-0.05, 0) is 50.6 Å². The van der Waals surface area contributed by atoms with Gasteiger partial charge in [0, 0.05) is 19.1 Å². The SMILES string of the molecule is CCN(CC)CCNC1CCCC(C2CC2)C1. The average Bonchev–Trinajstić information content (AvgIpc) is 3.19. The Balaban J connectivity index is 1.61. The number of hydrogen-bond donors (Lipinski definition) is 1. The molecule has 0 aromatic heterocycles. The van der Waals surface area contributed by atoms with Crippen LogP contribution in [0.25, 0.3) is 0 Å². The maximum absolute atomic E-state index is 3.79. The first-order valence-corrected chi connectivity index (χ1v) is 7.79. The summed E-state index contributed by atoms with van der Waals surface area (Å²) in [5, 5.41) is 3.79. The lowest BCUT2D eigenvalue weighted by Gasteiger charge is -2.30. The van der Waals surface area contributed by atoms with Crippen LogP contribution in [0, 0.1) is 11.8 Å². The van der Waals surface area contributed by atoms with Gasteiger partial charge in [-0.2, -0.15) is 0 Å². The van der Waals surface area contributed by atoms with E-state index in [0.29, 0.717) is 0 Å². The van der Waals surface area contributed by atoms with Gasteiger partial charge >= 0.3 is 0 Å². The van der Waals surface area contributed by atoms with Crippen molar-refractivity contribution in [2.24, 2.45) is 11.8 Å². The summed E-state index contributed by atoms with van der Waals surface area (Å²) in [5.41, 5.74) is 0. The molecule has 0 amide bonds. The van der Waals surface area contributed by atoms with Crippen LogP contribution in [-0.2, 0) is 0 Å². The van der Waals surface area contributed by atoms with Crippen molar-refractivity contribution in [3.63, 3.8) is 0 Å². The fourth-order valence-corrected chi connectivity index (χ4v) is 3.38. The normalized spacial score (nSPS) is 29.8. The van der Waals surface area contributed by atoms with Gasteiger partial charge in [-0.25, -0.2) is 0 Å². The van der Waals surface area contributed by atoms with Crippen LogP contribution in [0.15, 0.2) is 0 Å². The Bertz CT molecular complexity index is 209. The van der Waals surface area contributed by atoms with Crippen molar-refractivity contribution >= 4 is 0 Å². The van der Waals surface area contributed by atoms with E-state index in [-0.39, 0.29) is 0 Å². The van der Waals surface area contributed by atoms with Gasteiger partial charge in [0.2, 0.25) is 0 Å². The molecule has 0 spiro atoms. The molecular formula is C15H30N2. The van der Waals surface area contributed by atoms with Crippen LogP contribution in [0.4, 0.5) is 0 Å². The van der Waals surface area contributed by atoms with E-state index in [1.165, 1.54) is 64.7 Å². The summed E-state index contributed by atoms with van der Waals surface area (Å²) in [7, 11) is 0. The van der Waals surface area contributed by atoms with Crippen LogP contribution in [0.3, 0.4) is 0 Å². The molecule has 0 aromatic carbocycles. The van der Waals surface area contributed by atoms with Crippen LogP contribution in [0.2, 0.25) is 0 Å². The van der Waals surface area contributed by atoms with Crippen LogP contribution in [-0.4, -0.2) is 37.1 Å². The monoisotopic (exact) mass is 238 g/mol. The van der Waals surface area contributed by atoms with Gasteiger partial charge in [-0.1, -0.05) is 26.7 Å². The van der Waals surface area contributed by atoms with Gasteiger partial charge in [0.1, 0.15) is 0 Å². The lowest BCUT2D eigenvalue weighted by Crippen LogP contribution is -2.39. The lowest BCUT2D eigenvalue weighted by molar-refractivity contribution is 0.244. The lowest BCUT2D eigenvalue weighted by atomic mass is 9.83. The van der Waals surface area contributed by atoms with Crippen LogP contribution >= 0.6 is 0 Å². The van der Waals surface area contributed by atoms with Crippen molar-refractivity contribution in [3.05, 3.63) is 0 Å². The van der Waals surface area contributed by atoms with Crippen LogP contribution in [0.1, 0.15) is 52.4 Å². The Morgan fingerprint density at radius 3 is 2.41 bits per heavy atom. The Morgan fingerprint density at radius 1 is 1.00 bits per heavy atom. The number of nitrogens with one attached hydrogen (secondary N) is 1. The zero-order valence-electron chi connectivity index (χ0n) is 11.8. The highest BCUT2D eigenvalue weighted by atomic mass is 15.1. The summed E-state index contributed by atoms with van der Waals surface area (Å²) in [5.74, 6) is 2.18. The van der Waals surface area contributed by atoms with Crippen molar-refractivity contribution < 1.29 is 0 Å². The minimum atomic E-state index is 0.824. The van der Waals surface area contributed by atoms with Crippen molar-refractivity contribution in [2.75, 3.05) is 26.2 Å². The molecule has 2 aliphatic carbocycles. The fraction of sp³-hybridized carbons (Fsp3) is 1.00. The number of hydrogen-bond acceptors (Lipinski definition) is 2. The summed E-state index contributed by atoms with van der Waals surface area (Å²) < 4.78 is 0. The highest BCUT2D eigenvalue weighted by molar-refractivity contribution is 4.87. The molecular weight excluding hydrogens is 208 g/mol. The highest BCUT2D eigenvalue weighted by Crippen LogP contribution is 2.43. The molecule has 2 saturated carbocycles. The van der Waals surface area contributed by atoms with Crippen molar-refractivity contribution in [1.82, 2.24) is 10.2 Å². The molecule has 1 N–H and O–H groups in total. The van der Waals surface area contributed by atoms with E-state index in [1.54, 1.807) is 0 Å². The predicted octanol–water partition coefficient (Wildman–Crippen LogP) is 2.89. The third-order valence-electron chi connectivity index (χ3n) is 4.76. The third-order valence-corrected chi connectivity index (χ3v) is 4.76. The van der Waals surface area contributed by atoms with E-state index in [2.05, 4.69) is 24.1 Å². The number of nitrogens with zero attached hydrogens (tertiary/aromatic N) is 1. The van der Waals surface area contributed by atoms with Crippen molar-refractivity contribution in [3.8, 4) is 0 Å². The molecule has 0 saturated heterocycles. The first-order valence-electron chi connectivity index (χ1n) is 7.79. The summed E-state index contributed by atoms with van der Waals surface area (Å²) in [4.78, 5) is 2.51. The third kappa shape index (κ3) is 4.26. The highest BCUT2D eigenvalue weighted by Gasteiger charge is 2.34. The standard InChI is InChI=1S/C15H30N2/c1-3-17(4-2)11-10-16-15-7-5-6-14(12-15)13-8-9-13/h13-16H,3-12H2,1-2H3. The van der Waals surface area contributed by atoms with Gasteiger partial charge in [-0.15, -0.1) is 0 Å². The molecule has 2 nitrogen and oxygen atoms in total. The Kier molecular flexibility index (Phi) is 5.30. The topological polar surface area (TPSA) is 15.3 Å². The molecule has 0 radical (unpaired) electrons. The molecule has 2 fully saturated rings. The van der Waals surface area contributed by atoms with Gasteiger partial charge in [0.05, 0.1) is 0 Å². The second kappa shape index (κ2) is 6.75. The van der Waals surface area contributed by atoms with Crippen LogP contribution in [0.5, 0.6) is 0 Å². The Labute approximate surface area is 107 Å². The summed E-state index contributed by atoms with van der Waals surface area (Å²) in [6.07, 6.45) is 8.90. The van der Waals surface area contributed by atoms with Gasteiger partial charge in [0.25, 0.3) is 0 Å². The maximum Gasteiger partial charge on any atom is 0.0107 e. The van der Waals surface area contributed by atoms with Crippen LogP contribution < -0.4 is 5.32 Å².